The first kappa shape index (κ1) is 14.0. The Hall–Kier alpha value is -1.11. The smallest absolute Gasteiger partial charge is 0.253 e. The standard InChI is InChI=1S/C11H15BrN2O3/c1-11(5-15,6-16)14-10(17)8-4-7(12)2-3-9(8)13/h2-4,15-16H,5-6,13H2,1H3,(H,14,17). The predicted octanol–water partition coefficient (Wildman–Crippen LogP) is 0.504. The lowest BCUT2D eigenvalue weighted by Gasteiger charge is -2.26. The van der Waals surface area contributed by atoms with E-state index >= 15 is 0 Å². The van der Waals surface area contributed by atoms with Crippen LogP contribution in [-0.4, -0.2) is 34.9 Å². The highest BCUT2D eigenvalue weighted by Gasteiger charge is 2.25. The highest BCUT2D eigenvalue weighted by atomic mass is 79.9. The average molecular weight is 303 g/mol. The summed E-state index contributed by atoms with van der Waals surface area (Å²) in [4.78, 5) is 11.9. The summed E-state index contributed by atoms with van der Waals surface area (Å²) in [5, 5.41) is 20.7. The van der Waals surface area contributed by atoms with Crippen molar-refractivity contribution < 1.29 is 15.0 Å². The van der Waals surface area contributed by atoms with Gasteiger partial charge in [0.25, 0.3) is 5.91 Å². The number of anilines is 1. The number of rotatable bonds is 4. The van der Waals surface area contributed by atoms with E-state index in [1.54, 1.807) is 25.1 Å². The molecule has 17 heavy (non-hydrogen) atoms. The number of benzene rings is 1. The number of nitrogens with one attached hydrogen (secondary N) is 1. The van der Waals surface area contributed by atoms with E-state index in [1.807, 2.05) is 0 Å². The van der Waals surface area contributed by atoms with Crippen LogP contribution in [0, 0.1) is 0 Å². The van der Waals surface area contributed by atoms with Gasteiger partial charge in [-0.25, -0.2) is 0 Å². The number of aliphatic hydroxyl groups excluding tert-OH is 2. The molecule has 94 valence electrons. The van der Waals surface area contributed by atoms with Crippen LogP contribution in [0.4, 0.5) is 5.69 Å². The van der Waals surface area contributed by atoms with Crippen molar-refractivity contribution in [2.24, 2.45) is 0 Å². The zero-order valence-electron chi connectivity index (χ0n) is 9.40. The molecule has 5 N–H and O–H groups in total. The Kier molecular flexibility index (Phi) is 4.50. The Labute approximate surface area is 108 Å². The molecule has 0 aliphatic heterocycles. The summed E-state index contributed by atoms with van der Waals surface area (Å²) >= 11 is 3.24. The zero-order valence-corrected chi connectivity index (χ0v) is 11.0. The molecule has 0 aliphatic rings. The predicted molar refractivity (Wildman–Crippen MR) is 68.6 cm³/mol. The minimum Gasteiger partial charge on any atom is -0.398 e. The van der Waals surface area contributed by atoms with Crippen molar-refractivity contribution in [3.8, 4) is 0 Å². The van der Waals surface area contributed by atoms with Crippen LogP contribution in [0.2, 0.25) is 0 Å². The maximum Gasteiger partial charge on any atom is 0.253 e. The molecule has 0 fully saturated rings. The third kappa shape index (κ3) is 3.42. The molecule has 0 saturated heterocycles. The molecule has 6 heteroatoms. The van der Waals surface area contributed by atoms with Crippen LogP contribution in [0.15, 0.2) is 22.7 Å². The first-order valence-electron chi connectivity index (χ1n) is 5.01. The normalized spacial score (nSPS) is 11.3. The average Bonchev–Trinajstić information content (AvgIpc) is 2.32. The third-order valence-corrected chi connectivity index (χ3v) is 2.87. The Balaban J connectivity index is 2.94. The van der Waals surface area contributed by atoms with Gasteiger partial charge >= 0.3 is 0 Å². The quantitative estimate of drug-likeness (QED) is 0.609. The van der Waals surface area contributed by atoms with E-state index in [0.717, 1.165) is 4.47 Å². The molecule has 0 aliphatic carbocycles. The lowest BCUT2D eigenvalue weighted by atomic mass is 10.0. The Bertz CT molecular complexity index is 419. The molecule has 0 aromatic heterocycles. The molecule has 0 saturated carbocycles. The second-order valence-electron chi connectivity index (χ2n) is 4.06. The fourth-order valence-electron chi connectivity index (χ4n) is 1.20. The maximum atomic E-state index is 11.9. The van der Waals surface area contributed by atoms with Crippen molar-refractivity contribution in [3.63, 3.8) is 0 Å². The summed E-state index contributed by atoms with van der Waals surface area (Å²) in [6.45, 7) is 0.825. The van der Waals surface area contributed by atoms with Crippen molar-refractivity contribution in [1.29, 1.82) is 0 Å². The van der Waals surface area contributed by atoms with E-state index in [9.17, 15) is 4.79 Å². The first-order valence-corrected chi connectivity index (χ1v) is 5.80. The summed E-state index contributed by atoms with van der Waals surface area (Å²) in [6, 6.07) is 4.91. The molecule has 0 spiro atoms. The molecule has 1 aromatic rings. The van der Waals surface area contributed by atoms with E-state index in [-0.39, 0.29) is 13.2 Å². The van der Waals surface area contributed by atoms with E-state index in [2.05, 4.69) is 21.2 Å². The van der Waals surface area contributed by atoms with Gasteiger partial charge in [0.15, 0.2) is 0 Å². The van der Waals surface area contributed by atoms with Crippen molar-refractivity contribution >= 4 is 27.5 Å². The molecule has 0 bridgehead atoms. The van der Waals surface area contributed by atoms with Gasteiger partial charge in [0.05, 0.1) is 24.3 Å². The Morgan fingerprint density at radius 2 is 2.06 bits per heavy atom. The number of halogens is 1. The van der Waals surface area contributed by atoms with Crippen LogP contribution in [0.5, 0.6) is 0 Å². The fraction of sp³-hybridized carbons (Fsp3) is 0.364. The summed E-state index contributed by atoms with van der Waals surface area (Å²) in [6.07, 6.45) is 0. The topological polar surface area (TPSA) is 95.6 Å². The number of aliphatic hydroxyl groups is 2. The molecule has 0 radical (unpaired) electrons. The number of carbonyl (C=O) groups is 1. The van der Waals surface area contributed by atoms with Gasteiger partial charge in [-0.05, 0) is 25.1 Å². The second-order valence-corrected chi connectivity index (χ2v) is 4.98. The minimum absolute atomic E-state index is 0.299. The zero-order chi connectivity index (χ0) is 13.1. The molecule has 5 nitrogen and oxygen atoms in total. The Morgan fingerprint density at radius 1 is 1.47 bits per heavy atom. The molecule has 1 aromatic carbocycles. The van der Waals surface area contributed by atoms with E-state index in [4.69, 9.17) is 15.9 Å². The molecule has 1 rings (SSSR count). The molecule has 1 amide bonds. The van der Waals surface area contributed by atoms with Gasteiger partial charge in [0.1, 0.15) is 0 Å². The number of carbonyl (C=O) groups excluding carboxylic acids is 1. The molecular weight excluding hydrogens is 288 g/mol. The third-order valence-electron chi connectivity index (χ3n) is 2.37. The van der Waals surface area contributed by atoms with Crippen LogP contribution in [0.3, 0.4) is 0 Å². The lowest BCUT2D eigenvalue weighted by molar-refractivity contribution is 0.0724. The van der Waals surface area contributed by atoms with Crippen LogP contribution in [0.25, 0.3) is 0 Å². The van der Waals surface area contributed by atoms with Gasteiger partial charge in [0, 0.05) is 10.2 Å². The minimum atomic E-state index is -1.06. The van der Waals surface area contributed by atoms with Gasteiger partial charge in [-0.1, -0.05) is 15.9 Å². The summed E-state index contributed by atoms with van der Waals surface area (Å²) in [5.41, 5.74) is 5.26. The number of nitrogens with two attached hydrogens (primary N) is 1. The highest BCUT2D eigenvalue weighted by molar-refractivity contribution is 9.10. The van der Waals surface area contributed by atoms with Crippen molar-refractivity contribution in [3.05, 3.63) is 28.2 Å². The largest absolute Gasteiger partial charge is 0.398 e. The summed E-state index contributed by atoms with van der Waals surface area (Å²) in [5.74, 6) is -0.436. The van der Waals surface area contributed by atoms with Crippen molar-refractivity contribution in [2.75, 3.05) is 18.9 Å². The monoisotopic (exact) mass is 302 g/mol. The molecule has 0 unspecified atom stereocenters. The van der Waals surface area contributed by atoms with Gasteiger partial charge < -0.3 is 21.3 Å². The molecule has 0 atom stereocenters. The number of hydrogen-bond donors (Lipinski definition) is 4. The fourth-order valence-corrected chi connectivity index (χ4v) is 1.56. The van der Waals surface area contributed by atoms with Gasteiger partial charge in [0.2, 0.25) is 0 Å². The molecular formula is C11H15BrN2O3. The summed E-state index contributed by atoms with van der Waals surface area (Å²) < 4.78 is 0.728. The Morgan fingerprint density at radius 3 is 2.59 bits per heavy atom. The number of amides is 1. The van der Waals surface area contributed by atoms with Gasteiger partial charge in [-0.15, -0.1) is 0 Å². The SMILES string of the molecule is CC(CO)(CO)NC(=O)c1cc(Br)ccc1N. The molecule has 0 heterocycles. The van der Waals surface area contributed by atoms with E-state index in [0.29, 0.717) is 11.3 Å². The van der Waals surface area contributed by atoms with Crippen LogP contribution < -0.4 is 11.1 Å². The van der Waals surface area contributed by atoms with E-state index < -0.39 is 11.4 Å². The first-order chi connectivity index (χ1) is 7.91. The van der Waals surface area contributed by atoms with Gasteiger partial charge in [-0.2, -0.15) is 0 Å². The van der Waals surface area contributed by atoms with E-state index in [1.165, 1.54) is 0 Å². The summed E-state index contributed by atoms with van der Waals surface area (Å²) in [7, 11) is 0. The van der Waals surface area contributed by atoms with Crippen LogP contribution in [-0.2, 0) is 0 Å². The van der Waals surface area contributed by atoms with Crippen molar-refractivity contribution in [1.82, 2.24) is 5.32 Å². The van der Waals surface area contributed by atoms with Crippen molar-refractivity contribution in [2.45, 2.75) is 12.5 Å². The van der Waals surface area contributed by atoms with Gasteiger partial charge in [-0.3, -0.25) is 4.79 Å². The highest BCUT2D eigenvalue weighted by Crippen LogP contribution is 2.19. The number of hydrogen-bond acceptors (Lipinski definition) is 4. The lowest BCUT2D eigenvalue weighted by Crippen LogP contribution is -2.51. The van der Waals surface area contributed by atoms with Crippen LogP contribution >= 0.6 is 15.9 Å². The number of nitrogen functional groups attached to an aromatic ring is 1. The maximum absolute atomic E-state index is 11.9. The second kappa shape index (κ2) is 5.48. The van der Waals surface area contributed by atoms with Crippen LogP contribution in [0.1, 0.15) is 17.3 Å².